The van der Waals surface area contributed by atoms with Gasteiger partial charge >= 0.3 is 0 Å². The van der Waals surface area contributed by atoms with Crippen LogP contribution in [0.2, 0.25) is 0 Å². The molecule has 2 rings (SSSR count). The number of hydrogen-bond donors (Lipinski definition) is 1. The number of hydrogen-bond acceptors (Lipinski definition) is 2. The van der Waals surface area contributed by atoms with Crippen molar-refractivity contribution in [2.75, 3.05) is 6.54 Å². The Morgan fingerprint density at radius 1 is 1.25 bits per heavy atom. The van der Waals surface area contributed by atoms with E-state index in [0.717, 1.165) is 18.5 Å². The highest BCUT2D eigenvalue weighted by Gasteiger charge is 2.14. The second-order valence-corrected chi connectivity index (χ2v) is 4.09. The van der Waals surface area contributed by atoms with Gasteiger partial charge in [0.1, 0.15) is 5.58 Å². The predicted molar refractivity (Wildman–Crippen MR) is 67.5 cm³/mol. The van der Waals surface area contributed by atoms with Crippen LogP contribution in [0.4, 0.5) is 0 Å². The molecule has 1 heterocycles. The van der Waals surface area contributed by atoms with Crippen molar-refractivity contribution in [1.29, 1.82) is 0 Å². The average Bonchev–Trinajstić information content (AvgIpc) is 2.72. The molecule has 0 aliphatic rings. The predicted octanol–water partition coefficient (Wildman–Crippen LogP) is 3.88. The van der Waals surface area contributed by atoms with Gasteiger partial charge in [-0.05, 0) is 19.0 Å². The average molecular weight is 217 g/mol. The zero-order chi connectivity index (χ0) is 11.4. The van der Waals surface area contributed by atoms with Gasteiger partial charge in [-0.25, -0.2) is 0 Å². The largest absolute Gasteiger partial charge is 0.464 e. The molecule has 1 N–H and O–H groups in total. The van der Waals surface area contributed by atoms with Crippen LogP contribution in [0.3, 0.4) is 0 Å². The smallest absolute Gasteiger partial charge is 0.134 e. The fraction of sp³-hybridized carbons (Fsp3) is 0.429. The van der Waals surface area contributed by atoms with Gasteiger partial charge in [0.15, 0.2) is 0 Å². The quantitative estimate of drug-likeness (QED) is 0.822. The highest BCUT2D eigenvalue weighted by Crippen LogP contribution is 2.28. The topological polar surface area (TPSA) is 25.2 Å². The summed E-state index contributed by atoms with van der Waals surface area (Å²) in [5.74, 6) is 0. The van der Waals surface area contributed by atoms with Gasteiger partial charge in [-0.1, -0.05) is 38.5 Å². The molecule has 16 heavy (non-hydrogen) atoms. The van der Waals surface area contributed by atoms with Gasteiger partial charge in [0.2, 0.25) is 0 Å². The van der Waals surface area contributed by atoms with Crippen LogP contribution in [0.25, 0.3) is 11.0 Å². The Labute approximate surface area is 96.6 Å². The minimum Gasteiger partial charge on any atom is -0.464 e. The van der Waals surface area contributed by atoms with E-state index in [1.807, 2.05) is 18.4 Å². The maximum absolute atomic E-state index is 5.58. The minimum absolute atomic E-state index is 0.415. The number of para-hydroxylation sites is 1. The van der Waals surface area contributed by atoms with Crippen molar-refractivity contribution in [1.82, 2.24) is 5.32 Å². The molecule has 0 amide bonds. The Morgan fingerprint density at radius 2 is 2.06 bits per heavy atom. The van der Waals surface area contributed by atoms with Crippen molar-refractivity contribution in [2.45, 2.75) is 32.7 Å². The van der Waals surface area contributed by atoms with E-state index in [0.29, 0.717) is 6.04 Å². The molecule has 0 aliphatic heterocycles. The van der Waals surface area contributed by atoms with Gasteiger partial charge < -0.3 is 9.73 Å². The normalized spacial score (nSPS) is 13.1. The van der Waals surface area contributed by atoms with Crippen LogP contribution >= 0.6 is 0 Å². The van der Waals surface area contributed by atoms with Gasteiger partial charge in [-0.15, -0.1) is 0 Å². The van der Waals surface area contributed by atoms with E-state index in [9.17, 15) is 0 Å². The van der Waals surface area contributed by atoms with Crippen molar-refractivity contribution >= 4 is 11.0 Å². The molecule has 0 saturated heterocycles. The fourth-order valence-corrected chi connectivity index (χ4v) is 2.17. The van der Waals surface area contributed by atoms with Crippen LogP contribution in [0.5, 0.6) is 0 Å². The third-order valence-corrected chi connectivity index (χ3v) is 2.91. The first-order chi connectivity index (χ1) is 7.86. The lowest BCUT2D eigenvalue weighted by Crippen LogP contribution is -2.20. The van der Waals surface area contributed by atoms with E-state index < -0.39 is 0 Å². The number of benzene rings is 1. The van der Waals surface area contributed by atoms with Gasteiger partial charge in [0, 0.05) is 17.0 Å². The Hall–Kier alpha value is -1.28. The van der Waals surface area contributed by atoms with Gasteiger partial charge in [0.25, 0.3) is 0 Å². The summed E-state index contributed by atoms with van der Waals surface area (Å²) in [7, 11) is 0. The van der Waals surface area contributed by atoms with E-state index in [-0.39, 0.29) is 0 Å². The summed E-state index contributed by atoms with van der Waals surface area (Å²) in [6, 6.07) is 8.65. The molecule has 0 aliphatic carbocycles. The van der Waals surface area contributed by atoms with Crippen molar-refractivity contribution in [2.24, 2.45) is 0 Å². The van der Waals surface area contributed by atoms with Crippen LogP contribution in [-0.4, -0.2) is 6.54 Å². The summed E-state index contributed by atoms with van der Waals surface area (Å²) in [6.45, 7) is 5.35. The van der Waals surface area contributed by atoms with E-state index in [1.54, 1.807) is 0 Å². The monoisotopic (exact) mass is 217 g/mol. The van der Waals surface area contributed by atoms with Crippen LogP contribution in [0.15, 0.2) is 34.9 Å². The Kier molecular flexibility index (Phi) is 3.62. The first-order valence-corrected chi connectivity index (χ1v) is 6.06. The maximum atomic E-state index is 5.58. The van der Waals surface area contributed by atoms with E-state index >= 15 is 0 Å². The fourth-order valence-electron chi connectivity index (χ4n) is 2.17. The molecule has 2 aromatic rings. The summed E-state index contributed by atoms with van der Waals surface area (Å²) in [6.07, 6.45) is 4.22. The van der Waals surface area contributed by atoms with Crippen LogP contribution < -0.4 is 5.32 Å². The molecule has 2 heteroatoms. The maximum Gasteiger partial charge on any atom is 0.134 e. The van der Waals surface area contributed by atoms with E-state index in [4.69, 9.17) is 4.42 Å². The molecule has 86 valence electrons. The van der Waals surface area contributed by atoms with Gasteiger partial charge in [-0.2, -0.15) is 0 Å². The Bertz CT molecular complexity index is 441. The summed E-state index contributed by atoms with van der Waals surface area (Å²) in [4.78, 5) is 0. The van der Waals surface area contributed by atoms with Crippen LogP contribution in [0, 0.1) is 0 Å². The van der Waals surface area contributed by atoms with Gasteiger partial charge in [0.05, 0.1) is 6.26 Å². The third kappa shape index (κ3) is 2.12. The van der Waals surface area contributed by atoms with Crippen molar-refractivity contribution in [3.63, 3.8) is 0 Å². The SMILES string of the molecule is CCCC(NCC)c1coc2ccccc12. The van der Waals surface area contributed by atoms with E-state index in [2.05, 4.69) is 31.3 Å². The number of rotatable bonds is 5. The van der Waals surface area contributed by atoms with Crippen molar-refractivity contribution in [3.05, 3.63) is 36.1 Å². The summed E-state index contributed by atoms with van der Waals surface area (Å²) < 4.78 is 5.58. The molecule has 2 nitrogen and oxygen atoms in total. The zero-order valence-corrected chi connectivity index (χ0v) is 9.99. The summed E-state index contributed by atoms with van der Waals surface area (Å²) in [5, 5.41) is 4.76. The molecule has 0 radical (unpaired) electrons. The molecule has 1 unspecified atom stereocenters. The lowest BCUT2D eigenvalue weighted by molar-refractivity contribution is 0.501. The standard InChI is InChI=1S/C14H19NO/c1-3-7-13(15-4-2)12-10-16-14-9-6-5-8-11(12)14/h5-6,8-10,13,15H,3-4,7H2,1-2H3. The number of nitrogens with one attached hydrogen (secondary N) is 1. The first-order valence-electron chi connectivity index (χ1n) is 6.06. The van der Waals surface area contributed by atoms with Crippen LogP contribution in [0.1, 0.15) is 38.3 Å². The molecular weight excluding hydrogens is 198 g/mol. The third-order valence-electron chi connectivity index (χ3n) is 2.91. The molecule has 0 bridgehead atoms. The molecule has 1 aromatic heterocycles. The second kappa shape index (κ2) is 5.17. The minimum atomic E-state index is 0.415. The van der Waals surface area contributed by atoms with Crippen molar-refractivity contribution in [3.8, 4) is 0 Å². The van der Waals surface area contributed by atoms with Crippen LogP contribution in [-0.2, 0) is 0 Å². The lowest BCUT2D eigenvalue weighted by Gasteiger charge is -2.15. The molecule has 1 atom stereocenters. The highest BCUT2D eigenvalue weighted by atomic mass is 16.3. The number of furan rings is 1. The van der Waals surface area contributed by atoms with Crippen molar-refractivity contribution < 1.29 is 4.42 Å². The molecule has 0 saturated carbocycles. The molecule has 1 aromatic carbocycles. The zero-order valence-electron chi connectivity index (χ0n) is 9.99. The lowest BCUT2D eigenvalue weighted by atomic mass is 10.0. The van der Waals surface area contributed by atoms with Gasteiger partial charge in [-0.3, -0.25) is 0 Å². The molecule has 0 spiro atoms. The second-order valence-electron chi connectivity index (χ2n) is 4.09. The molecule has 0 fully saturated rings. The summed E-state index contributed by atoms with van der Waals surface area (Å²) in [5.41, 5.74) is 2.27. The Balaban J connectivity index is 2.36. The highest BCUT2D eigenvalue weighted by molar-refractivity contribution is 5.81. The van der Waals surface area contributed by atoms with E-state index in [1.165, 1.54) is 17.4 Å². The Morgan fingerprint density at radius 3 is 2.81 bits per heavy atom. The first kappa shape index (κ1) is 11.2. The molecular formula is C14H19NO. The number of fused-ring (bicyclic) bond motifs is 1. The summed E-state index contributed by atoms with van der Waals surface area (Å²) >= 11 is 0.